The Bertz CT molecular complexity index is 1160. The van der Waals surface area contributed by atoms with Crippen LogP contribution in [0.3, 0.4) is 0 Å². The molecule has 3 aromatic rings. The van der Waals surface area contributed by atoms with Crippen molar-refractivity contribution in [1.82, 2.24) is 0 Å². The molecule has 33 heavy (non-hydrogen) atoms. The third-order valence-electron chi connectivity index (χ3n) is 5.23. The highest BCUT2D eigenvalue weighted by atomic mass is 32.2. The number of anilines is 2. The van der Waals surface area contributed by atoms with Crippen LogP contribution < -0.4 is 20.1 Å². The van der Waals surface area contributed by atoms with E-state index in [1.807, 2.05) is 62.4 Å². The summed E-state index contributed by atoms with van der Waals surface area (Å²) in [5.74, 6) is 1.08. The number of thioether (sulfide) groups is 1. The minimum atomic E-state index is -0.291. The first-order chi connectivity index (χ1) is 16.0. The van der Waals surface area contributed by atoms with Gasteiger partial charge in [0.05, 0.1) is 5.25 Å². The van der Waals surface area contributed by atoms with Gasteiger partial charge in [-0.05, 0) is 55.3 Å². The van der Waals surface area contributed by atoms with Crippen LogP contribution in [-0.2, 0) is 4.79 Å². The minimum Gasteiger partial charge on any atom is -0.486 e. The second-order valence-electron chi connectivity index (χ2n) is 7.66. The van der Waals surface area contributed by atoms with Gasteiger partial charge in [-0.2, -0.15) is 0 Å². The first-order valence-electron chi connectivity index (χ1n) is 10.9. The molecule has 1 heterocycles. The Morgan fingerprint density at radius 1 is 0.909 bits per heavy atom. The van der Waals surface area contributed by atoms with E-state index in [9.17, 15) is 9.59 Å². The zero-order valence-corrected chi connectivity index (χ0v) is 19.4. The number of rotatable bonds is 7. The van der Waals surface area contributed by atoms with Crippen LogP contribution in [0.4, 0.5) is 11.4 Å². The van der Waals surface area contributed by atoms with E-state index in [0.717, 1.165) is 10.5 Å². The Morgan fingerprint density at radius 2 is 1.67 bits per heavy atom. The number of carbonyl (C=O) groups excluding carboxylic acids is 2. The average Bonchev–Trinajstić information content (AvgIpc) is 2.83. The first-order valence-corrected chi connectivity index (χ1v) is 11.8. The smallest absolute Gasteiger partial charge is 0.255 e. The number of amides is 2. The molecular weight excluding hydrogens is 436 g/mol. The molecule has 1 unspecified atom stereocenters. The molecule has 0 bridgehead atoms. The molecule has 0 aliphatic carbocycles. The largest absolute Gasteiger partial charge is 0.486 e. The Kier molecular flexibility index (Phi) is 7.19. The van der Waals surface area contributed by atoms with Crippen LogP contribution in [0.2, 0.25) is 0 Å². The highest BCUT2D eigenvalue weighted by molar-refractivity contribution is 8.00. The van der Waals surface area contributed by atoms with Crippen LogP contribution in [0.1, 0.15) is 29.3 Å². The molecule has 3 aromatic carbocycles. The van der Waals surface area contributed by atoms with Crippen LogP contribution in [0, 0.1) is 6.92 Å². The van der Waals surface area contributed by atoms with Crippen molar-refractivity contribution < 1.29 is 19.1 Å². The number of carbonyl (C=O) groups is 2. The van der Waals surface area contributed by atoms with Crippen molar-refractivity contribution in [2.24, 2.45) is 0 Å². The molecule has 0 radical (unpaired) electrons. The molecule has 7 heteroatoms. The van der Waals surface area contributed by atoms with Crippen molar-refractivity contribution in [2.45, 2.75) is 30.4 Å². The standard InChI is InChI=1S/C26H26N2O4S/c1-3-24(26(30)28-19-11-12-22-23(16-19)32-14-13-31-22)33-20-9-6-8-18(15-20)27-25(29)21-10-5-4-7-17(21)2/h4-12,15-16,24H,3,13-14H2,1-2H3,(H,27,29)(H,28,30). The van der Waals surface area contributed by atoms with E-state index in [1.165, 1.54) is 11.8 Å². The summed E-state index contributed by atoms with van der Waals surface area (Å²) in [5.41, 5.74) is 2.92. The number of ether oxygens (including phenoxy) is 2. The summed E-state index contributed by atoms with van der Waals surface area (Å²) in [6, 6.07) is 20.4. The van der Waals surface area contributed by atoms with Gasteiger partial charge in [-0.25, -0.2) is 0 Å². The van der Waals surface area contributed by atoms with Crippen molar-refractivity contribution in [1.29, 1.82) is 0 Å². The summed E-state index contributed by atoms with van der Waals surface area (Å²) in [6.45, 7) is 4.91. The molecule has 2 N–H and O–H groups in total. The molecule has 1 aliphatic rings. The number of aryl methyl sites for hydroxylation is 1. The van der Waals surface area contributed by atoms with E-state index in [0.29, 0.717) is 48.1 Å². The van der Waals surface area contributed by atoms with Gasteiger partial charge in [0.1, 0.15) is 13.2 Å². The zero-order valence-electron chi connectivity index (χ0n) is 18.6. The molecule has 4 rings (SSSR count). The Balaban J connectivity index is 1.41. The maximum absolute atomic E-state index is 12.9. The number of hydrogen-bond acceptors (Lipinski definition) is 5. The van der Waals surface area contributed by atoms with Crippen molar-refractivity contribution >= 4 is 35.0 Å². The quantitative estimate of drug-likeness (QED) is 0.452. The van der Waals surface area contributed by atoms with Gasteiger partial charge in [0.2, 0.25) is 5.91 Å². The maximum Gasteiger partial charge on any atom is 0.255 e. The van der Waals surface area contributed by atoms with Gasteiger partial charge in [0, 0.05) is 27.9 Å². The number of hydrogen-bond donors (Lipinski definition) is 2. The van der Waals surface area contributed by atoms with Gasteiger partial charge in [-0.1, -0.05) is 31.2 Å². The third kappa shape index (κ3) is 5.68. The SMILES string of the molecule is CCC(Sc1cccc(NC(=O)c2ccccc2C)c1)C(=O)Nc1ccc2c(c1)OCCO2. The van der Waals surface area contributed by atoms with Crippen LogP contribution in [0.5, 0.6) is 11.5 Å². The fourth-order valence-electron chi connectivity index (χ4n) is 3.50. The second-order valence-corrected chi connectivity index (χ2v) is 8.94. The van der Waals surface area contributed by atoms with Gasteiger partial charge < -0.3 is 20.1 Å². The van der Waals surface area contributed by atoms with Crippen molar-refractivity contribution in [3.63, 3.8) is 0 Å². The van der Waals surface area contributed by atoms with E-state index < -0.39 is 0 Å². The van der Waals surface area contributed by atoms with Crippen LogP contribution in [-0.4, -0.2) is 30.3 Å². The van der Waals surface area contributed by atoms with Gasteiger partial charge in [-0.3, -0.25) is 9.59 Å². The lowest BCUT2D eigenvalue weighted by Crippen LogP contribution is -2.24. The predicted molar refractivity (Wildman–Crippen MR) is 132 cm³/mol. The normalized spacial score (nSPS) is 13.2. The lowest BCUT2D eigenvalue weighted by molar-refractivity contribution is -0.115. The molecule has 170 valence electrons. The number of nitrogens with one attached hydrogen (secondary N) is 2. The summed E-state index contributed by atoms with van der Waals surface area (Å²) in [5, 5.41) is 5.63. The van der Waals surface area contributed by atoms with E-state index in [-0.39, 0.29) is 17.1 Å². The van der Waals surface area contributed by atoms with Gasteiger partial charge in [0.25, 0.3) is 5.91 Å². The minimum absolute atomic E-state index is 0.0893. The summed E-state index contributed by atoms with van der Waals surface area (Å²) >= 11 is 1.47. The fourth-order valence-corrected chi connectivity index (χ4v) is 4.52. The highest BCUT2D eigenvalue weighted by Gasteiger charge is 2.20. The van der Waals surface area contributed by atoms with Crippen molar-refractivity contribution in [3.05, 3.63) is 77.9 Å². The van der Waals surface area contributed by atoms with E-state index in [1.54, 1.807) is 18.2 Å². The number of fused-ring (bicyclic) bond motifs is 1. The monoisotopic (exact) mass is 462 g/mol. The fraction of sp³-hybridized carbons (Fsp3) is 0.231. The molecule has 0 saturated carbocycles. The zero-order chi connectivity index (χ0) is 23.2. The lowest BCUT2D eigenvalue weighted by atomic mass is 10.1. The van der Waals surface area contributed by atoms with Gasteiger partial charge in [-0.15, -0.1) is 11.8 Å². The highest BCUT2D eigenvalue weighted by Crippen LogP contribution is 2.33. The average molecular weight is 463 g/mol. The molecule has 2 amide bonds. The Morgan fingerprint density at radius 3 is 2.45 bits per heavy atom. The molecule has 0 fully saturated rings. The first kappa shape index (κ1) is 22.7. The van der Waals surface area contributed by atoms with Gasteiger partial charge in [0.15, 0.2) is 11.5 Å². The van der Waals surface area contributed by atoms with E-state index in [2.05, 4.69) is 10.6 Å². The van der Waals surface area contributed by atoms with E-state index >= 15 is 0 Å². The van der Waals surface area contributed by atoms with Crippen LogP contribution in [0.25, 0.3) is 0 Å². The molecule has 0 aromatic heterocycles. The molecule has 0 spiro atoms. The molecule has 0 saturated heterocycles. The van der Waals surface area contributed by atoms with Crippen LogP contribution in [0.15, 0.2) is 71.6 Å². The summed E-state index contributed by atoms with van der Waals surface area (Å²) < 4.78 is 11.1. The summed E-state index contributed by atoms with van der Waals surface area (Å²) in [4.78, 5) is 26.5. The van der Waals surface area contributed by atoms with Crippen molar-refractivity contribution in [3.8, 4) is 11.5 Å². The van der Waals surface area contributed by atoms with Gasteiger partial charge >= 0.3 is 0 Å². The third-order valence-corrected chi connectivity index (χ3v) is 6.59. The van der Waals surface area contributed by atoms with Crippen LogP contribution >= 0.6 is 11.8 Å². The molecule has 1 atom stereocenters. The van der Waals surface area contributed by atoms with E-state index in [4.69, 9.17) is 9.47 Å². The maximum atomic E-state index is 12.9. The number of benzene rings is 3. The predicted octanol–water partition coefficient (Wildman–Crippen LogP) is 5.53. The molecule has 1 aliphatic heterocycles. The lowest BCUT2D eigenvalue weighted by Gasteiger charge is -2.20. The summed E-state index contributed by atoms with van der Waals surface area (Å²) in [6.07, 6.45) is 0.654. The van der Waals surface area contributed by atoms with Crippen molar-refractivity contribution in [2.75, 3.05) is 23.8 Å². The second kappa shape index (κ2) is 10.4. The summed E-state index contributed by atoms with van der Waals surface area (Å²) in [7, 11) is 0. The Hall–Kier alpha value is -3.45. The molecule has 6 nitrogen and oxygen atoms in total. The molecular formula is C26H26N2O4S. The Labute approximate surface area is 197 Å². The topological polar surface area (TPSA) is 76.7 Å².